The maximum Gasteiger partial charge on any atom is 0.113 e. The molecule has 4 heteroatoms. The highest BCUT2D eigenvalue weighted by molar-refractivity contribution is 7.98. The van der Waals surface area contributed by atoms with E-state index in [-0.39, 0.29) is 0 Å². The van der Waals surface area contributed by atoms with Gasteiger partial charge in [0.25, 0.3) is 0 Å². The Kier molecular flexibility index (Phi) is 6.32. The van der Waals surface area contributed by atoms with Gasteiger partial charge in [0.1, 0.15) is 7.14 Å². The number of rotatable bonds is 7. The second-order valence-electron chi connectivity index (χ2n) is 4.46. The summed E-state index contributed by atoms with van der Waals surface area (Å²) in [6.45, 7) is 3.87. The molecule has 0 aliphatic rings. The molecule has 0 N–H and O–H groups in total. The van der Waals surface area contributed by atoms with Crippen molar-refractivity contribution in [3.05, 3.63) is 30.3 Å². The zero-order valence-corrected chi connectivity index (χ0v) is 12.6. The zero-order chi connectivity index (χ0) is 12.7. The van der Waals surface area contributed by atoms with Gasteiger partial charge in [-0.05, 0) is 20.0 Å². The Hall–Kier alpha value is -0.240. The average Bonchev–Trinajstić information content (AvgIpc) is 2.35. The van der Waals surface area contributed by atoms with Crippen LogP contribution in [0.25, 0.3) is 0 Å². The van der Waals surface area contributed by atoms with E-state index in [0.717, 1.165) is 30.3 Å². The van der Waals surface area contributed by atoms with Crippen molar-refractivity contribution in [2.45, 2.75) is 0 Å². The fourth-order valence-corrected chi connectivity index (χ4v) is 3.87. The van der Waals surface area contributed by atoms with Crippen LogP contribution in [-0.2, 0) is 4.57 Å². The first-order valence-electron chi connectivity index (χ1n) is 5.86. The summed E-state index contributed by atoms with van der Waals surface area (Å²) in [5, 5.41) is 0.998. The molecule has 0 heterocycles. The van der Waals surface area contributed by atoms with Crippen molar-refractivity contribution in [3.8, 4) is 0 Å². The molecule has 1 rings (SSSR count). The van der Waals surface area contributed by atoms with Crippen LogP contribution in [-0.4, -0.2) is 49.9 Å². The molecule has 1 unspecified atom stereocenters. The minimum atomic E-state index is -2.18. The summed E-state index contributed by atoms with van der Waals surface area (Å²) in [7, 11) is -0.0809. The zero-order valence-electron chi connectivity index (χ0n) is 10.9. The molecule has 0 saturated heterocycles. The normalized spacial score (nSPS) is 14.8. The van der Waals surface area contributed by atoms with E-state index in [9.17, 15) is 4.57 Å². The summed E-state index contributed by atoms with van der Waals surface area (Å²) in [5.41, 5.74) is 0. The van der Waals surface area contributed by atoms with Gasteiger partial charge in [-0.15, -0.1) is 0 Å². The monoisotopic (exact) mass is 271 g/mol. The van der Waals surface area contributed by atoms with E-state index in [1.54, 1.807) is 0 Å². The second kappa shape index (κ2) is 7.25. The average molecular weight is 271 g/mol. The van der Waals surface area contributed by atoms with Crippen LogP contribution in [0.15, 0.2) is 30.3 Å². The fraction of sp³-hybridized carbons (Fsp3) is 0.538. The predicted octanol–water partition coefficient (Wildman–Crippen LogP) is 2.60. The Morgan fingerprint density at radius 2 is 1.88 bits per heavy atom. The Labute approximate surface area is 109 Å². The molecule has 0 aliphatic heterocycles. The van der Waals surface area contributed by atoms with Crippen LogP contribution >= 0.6 is 18.9 Å². The quantitative estimate of drug-likeness (QED) is 0.711. The van der Waals surface area contributed by atoms with Crippen molar-refractivity contribution >= 4 is 24.2 Å². The highest BCUT2D eigenvalue weighted by Gasteiger charge is 2.18. The maximum absolute atomic E-state index is 12.6. The van der Waals surface area contributed by atoms with E-state index >= 15 is 0 Å². The molecule has 1 aromatic rings. The molecular formula is C13H22NOPS. The number of nitrogens with zero attached hydrogens (tertiary/aromatic N) is 1. The summed E-state index contributed by atoms with van der Waals surface area (Å²) in [5.74, 6) is 1.13. The van der Waals surface area contributed by atoms with Crippen LogP contribution < -0.4 is 5.30 Å². The predicted molar refractivity (Wildman–Crippen MR) is 80.4 cm³/mol. The molecule has 1 atom stereocenters. The van der Waals surface area contributed by atoms with Gasteiger partial charge in [0.05, 0.1) is 0 Å². The van der Waals surface area contributed by atoms with E-state index in [0.29, 0.717) is 0 Å². The minimum absolute atomic E-state index is 0.766. The van der Waals surface area contributed by atoms with Crippen LogP contribution in [0.1, 0.15) is 0 Å². The second-order valence-corrected chi connectivity index (χ2v) is 8.61. The molecule has 0 saturated carbocycles. The molecule has 0 amide bonds. The molecule has 0 fully saturated rings. The van der Waals surface area contributed by atoms with E-state index in [4.69, 9.17) is 0 Å². The maximum atomic E-state index is 12.6. The van der Waals surface area contributed by atoms with Gasteiger partial charge < -0.3 is 9.46 Å². The molecule has 0 aromatic heterocycles. The number of benzene rings is 1. The highest BCUT2D eigenvalue weighted by atomic mass is 32.2. The summed E-state index contributed by atoms with van der Waals surface area (Å²) >= 11 is 1.85. The van der Waals surface area contributed by atoms with E-state index in [1.165, 1.54) is 0 Å². The van der Waals surface area contributed by atoms with E-state index in [2.05, 4.69) is 18.2 Å². The van der Waals surface area contributed by atoms with Crippen molar-refractivity contribution in [2.24, 2.45) is 0 Å². The lowest BCUT2D eigenvalue weighted by Crippen LogP contribution is -2.26. The highest BCUT2D eigenvalue weighted by Crippen LogP contribution is 2.39. The van der Waals surface area contributed by atoms with Crippen LogP contribution in [0.5, 0.6) is 0 Å². The van der Waals surface area contributed by atoms with Crippen LogP contribution in [0.2, 0.25) is 0 Å². The van der Waals surface area contributed by atoms with Gasteiger partial charge in [-0.1, -0.05) is 30.3 Å². The van der Waals surface area contributed by atoms with Crippen molar-refractivity contribution in [3.63, 3.8) is 0 Å². The Morgan fingerprint density at radius 1 is 1.24 bits per heavy atom. The molecule has 0 radical (unpaired) electrons. The summed E-state index contributed by atoms with van der Waals surface area (Å²) in [6.07, 6.45) is 2.88. The van der Waals surface area contributed by atoms with Gasteiger partial charge >= 0.3 is 0 Å². The topological polar surface area (TPSA) is 20.3 Å². The van der Waals surface area contributed by atoms with Gasteiger partial charge in [-0.25, -0.2) is 0 Å². The van der Waals surface area contributed by atoms with E-state index in [1.807, 2.05) is 48.8 Å². The minimum Gasteiger partial charge on any atom is -0.319 e. The lowest BCUT2D eigenvalue weighted by atomic mass is 10.4. The largest absolute Gasteiger partial charge is 0.319 e. The van der Waals surface area contributed by atoms with Crippen molar-refractivity contribution in [2.75, 3.05) is 45.0 Å². The van der Waals surface area contributed by atoms with Gasteiger partial charge in [0.15, 0.2) is 0 Å². The molecule has 17 heavy (non-hydrogen) atoms. The SMILES string of the molecule is CSCCN(C)CCP(C)(=O)c1ccccc1. The molecule has 2 nitrogen and oxygen atoms in total. The Morgan fingerprint density at radius 3 is 2.47 bits per heavy atom. The standard InChI is InChI=1S/C13H22NOPS/c1-14(10-12-17-3)9-11-16(2,15)13-7-5-4-6-8-13/h4-8H,9-12H2,1-3H3. The first kappa shape index (κ1) is 14.8. The third-order valence-corrected chi connectivity index (χ3v) is 5.92. The molecule has 0 spiro atoms. The van der Waals surface area contributed by atoms with Gasteiger partial charge in [0, 0.05) is 30.3 Å². The summed E-state index contributed by atoms with van der Waals surface area (Å²) < 4.78 is 12.6. The molecule has 96 valence electrons. The third-order valence-electron chi connectivity index (χ3n) is 2.89. The molecule has 0 aliphatic carbocycles. The number of hydrogen-bond acceptors (Lipinski definition) is 3. The van der Waals surface area contributed by atoms with Gasteiger partial charge in [0.2, 0.25) is 0 Å². The smallest absolute Gasteiger partial charge is 0.113 e. The van der Waals surface area contributed by atoms with Crippen molar-refractivity contribution < 1.29 is 4.57 Å². The molecule has 1 aromatic carbocycles. The molecular weight excluding hydrogens is 249 g/mol. The van der Waals surface area contributed by atoms with Crippen LogP contribution in [0.3, 0.4) is 0 Å². The van der Waals surface area contributed by atoms with Gasteiger partial charge in [-0.2, -0.15) is 11.8 Å². The summed E-state index contributed by atoms with van der Waals surface area (Å²) in [6, 6.07) is 9.84. The number of hydrogen-bond donors (Lipinski definition) is 0. The third kappa shape index (κ3) is 5.29. The number of thioether (sulfide) groups is 1. The molecule has 0 bridgehead atoms. The first-order chi connectivity index (χ1) is 8.06. The van der Waals surface area contributed by atoms with Crippen molar-refractivity contribution in [1.29, 1.82) is 0 Å². The lowest BCUT2D eigenvalue weighted by molar-refractivity contribution is 0.377. The van der Waals surface area contributed by atoms with Gasteiger partial charge in [-0.3, -0.25) is 0 Å². The Bertz CT molecular complexity index is 369. The summed E-state index contributed by atoms with van der Waals surface area (Å²) in [4.78, 5) is 2.26. The van der Waals surface area contributed by atoms with E-state index < -0.39 is 7.14 Å². The van der Waals surface area contributed by atoms with Crippen LogP contribution in [0.4, 0.5) is 0 Å². The lowest BCUT2D eigenvalue weighted by Gasteiger charge is -2.19. The van der Waals surface area contributed by atoms with Crippen molar-refractivity contribution in [1.82, 2.24) is 4.90 Å². The fourth-order valence-electron chi connectivity index (χ4n) is 1.59. The Balaban J connectivity index is 2.48. The first-order valence-corrected chi connectivity index (χ1v) is 9.59. The van der Waals surface area contributed by atoms with Crippen LogP contribution in [0, 0.1) is 0 Å².